The lowest BCUT2D eigenvalue weighted by Gasteiger charge is -2.08. The number of ether oxygens (including phenoxy) is 1. The summed E-state index contributed by atoms with van der Waals surface area (Å²) in [5.41, 5.74) is 8.30. The average molecular weight is 310 g/mol. The molecule has 0 spiro atoms. The zero-order valence-electron chi connectivity index (χ0n) is 12.5. The first-order valence-electron chi connectivity index (χ1n) is 7.11. The number of aromatic nitrogens is 3. The molecule has 0 unspecified atom stereocenters. The molecule has 0 aliphatic heterocycles. The predicted octanol–water partition coefficient (Wildman–Crippen LogP) is 3.37. The Kier molecular flexibility index (Phi) is 4.14. The molecule has 0 aliphatic rings. The van der Waals surface area contributed by atoms with Gasteiger partial charge in [-0.15, -0.1) is 0 Å². The number of benzene rings is 1. The van der Waals surface area contributed by atoms with Crippen LogP contribution in [0.25, 0.3) is 22.3 Å². The summed E-state index contributed by atoms with van der Waals surface area (Å²) >= 11 is 0. The van der Waals surface area contributed by atoms with E-state index in [2.05, 4.69) is 15.0 Å². The number of nitrogen functional groups attached to an aromatic ring is 1. The molecule has 0 fully saturated rings. The third-order valence-electron chi connectivity index (χ3n) is 3.22. The van der Waals surface area contributed by atoms with Crippen LogP contribution in [0.15, 0.2) is 48.6 Å². The molecule has 23 heavy (non-hydrogen) atoms. The molecule has 2 aromatic heterocycles. The van der Waals surface area contributed by atoms with Crippen molar-refractivity contribution in [2.75, 3.05) is 12.3 Å². The zero-order chi connectivity index (χ0) is 16.2. The number of anilines is 1. The fourth-order valence-corrected chi connectivity index (χ4v) is 2.11. The molecule has 2 N–H and O–H groups in total. The molecule has 0 atom stereocenters. The van der Waals surface area contributed by atoms with E-state index in [4.69, 9.17) is 10.5 Å². The summed E-state index contributed by atoms with van der Waals surface area (Å²) in [5, 5.41) is 0. The molecule has 0 bridgehead atoms. The highest BCUT2D eigenvalue weighted by molar-refractivity contribution is 5.83. The maximum absolute atomic E-state index is 13.1. The van der Waals surface area contributed by atoms with Crippen molar-refractivity contribution in [2.24, 2.45) is 0 Å². The largest absolute Gasteiger partial charge is 0.472 e. The number of hydrogen-bond donors (Lipinski definition) is 1. The van der Waals surface area contributed by atoms with Crippen molar-refractivity contribution in [2.45, 2.75) is 6.92 Å². The molecule has 2 heterocycles. The molecule has 6 heteroatoms. The minimum absolute atomic E-state index is 0.129. The van der Waals surface area contributed by atoms with Gasteiger partial charge in [-0.3, -0.25) is 0 Å². The summed E-state index contributed by atoms with van der Waals surface area (Å²) in [6.45, 7) is 2.27. The number of nitrogens with zero attached hydrogens (tertiary/aromatic N) is 3. The molecule has 0 saturated carbocycles. The Morgan fingerprint density at radius 1 is 1.09 bits per heavy atom. The fraction of sp³-hybridized carbons (Fsp3) is 0.118. The number of nitrogens with two attached hydrogens (primary N) is 1. The Labute approximate surface area is 132 Å². The second-order valence-electron chi connectivity index (χ2n) is 4.84. The number of rotatable bonds is 4. The van der Waals surface area contributed by atoms with E-state index in [1.165, 1.54) is 12.1 Å². The molecular weight excluding hydrogens is 295 g/mol. The van der Waals surface area contributed by atoms with Crippen LogP contribution in [0, 0.1) is 5.82 Å². The molecular formula is C17H15FN4O. The standard InChI is InChI=1S/C17H15FN4O/c1-2-3-10-23-16-15-14(21-17(19)22-16)9-8-13(20-15)11-4-6-12(18)7-5-11/h2-9H,10H2,1H3,(H2,19,21,22). The first kappa shape index (κ1) is 14.9. The van der Waals surface area contributed by atoms with Gasteiger partial charge in [-0.1, -0.05) is 12.2 Å². The van der Waals surface area contributed by atoms with Crippen LogP contribution in [-0.4, -0.2) is 21.6 Å². The predicted molar refractivity (Wildman–Crippen MR) is 87.4 cm³/mol. The van der Waals surface area contributed by atoms with Gasteiger partial charge in [-0.05, 0) is 43.3 Å². The van der Waals surface area contributed by atoms with E-state index in [1.54, 1.807) is 24.3 Å². The van der Waals surface area contributed by atoms with E-state index in [0.717, 1.165) is 5.56 Å². The van der Waals surface area contributed by atoms with E-state index in [0.29, 0.717) is 29.2 Å². The van der Waals surface area contributed by atoms with Gasteiger partial charge in [0, 0.05) is 5.56 Å². The van der Waals surface area contributed by atoms with Crippen LogP contribution in [0.4, 0.5) is 10.3 Å². The second-order valence-corrected chi connectivity index (χ2v) is 4.84. The zero-order valence-corrected chi connectivity index (χ0v) is 12.5. The molecule has 1 aromatic carbocycles. The highest BCUT2D eigenvalue weighted by Crippen LogP contribution is 2.26. The number of fused-ring (bicyclic) bond motifs is 1. The number of allylic oxidation sites excluding steroid dienone is 1. The average Bonchev–Trinajstić information content (AvgIpc) is 2.55. The Morgan fingerprint density at radius 3 is 2.61 bits per heavy atom. The van der Waals surface area contributed by atoms with Crippen LogP contribution in [0.5, 0.6) is 5.88 Å². The molecule has 0 radical (unpaired) electrons. The highest BCUT2D eigenvalue weighted by atomic mass is 19.1. The Bertz CT molecular complexity index is 862. The maximum Gasteiger partial charge on any atom is 0.245 e. The van der Waals surface area contributed by atoms with E-state index in [1.807, 2.05) is 19.1 Å². The normalized spacial score (nSPS) is 11.2. The van der Waals surface area contributed by atoms with Crippen LogP contribution in [0.3, 0.4) is 0 Å². The van der Waals surface area contributed by atoms with Gasteiger partial charge in [0.1, 0.15) is 12.4 Å². The smallest absolute Gasteiger partial charge is 0.245 e. The highest BCUT2D eigenvalue weighted by Gasteiger charge is 2.11. The van der Waals surface area contributed by atoms with Gasteiger partial charge in [0.15, 0.2) is 5.52 Å². The van der Waals surface area contributed by atoms with Gasteiger partial charge in [-0.25, -0.2) is 14.4 Å². The Balaban J connectivity index is 2.07. The molecule has 0 saturated heterocycles. The van der Waals surface area contributed by atoms with E-state index in [9.17, 15) is 4.39 Å². The monoisotopic (exact) mass is 310 g/mol. The fourth-order valence-electron chi connectivity index (χ4n) is 2.11. The van der Waals surface area contributed by atoms with Crippen LogP contribution < -0.4 is 10.5 Å². The van der Waals surface area contributed by atoms with Crippen molar-refractivity contribution >= 4 is 17.0 Å². The van der Waals surface area contributed by atoms with Crippen LogP contribution >= 0.6 is 0 Å². The molecule has 3 rings (SSSR count). The van der Waals surface area contributed by atoms with Gasteiger partial charge in [0.25, 0.3) is 0 Å². The lowest BCUT2D eigenvalue weighted by atomic mass is 10.1. The number of hydrogen-bond acceptors (Lipinski definition) is 5. The van der Waals surface area contributed by atoms with Crippen LogP contribution in [0.1, 0.15) is 6.92 Å². The lowest BCUT2D eigenvalue weighted by molar-refractivity contribution is 0.352. The summed E-state index contributed by atoms with van der Waals surface area (Å²) in [5.74, 6) is 0.167. The van der Waals surface area contributed by atoms with E-state index >= 15 is 0 Å². The summed E-state index contributed by atoms with van der Waals surface area (Å²) in [6, 6.07) is 9.72. The summed E-state index contributed by atoms with van der Waals surface area (Å²) in [7, 11) is 0. The van der Waals surface area contributed by atoms with Crippen molar-refractivity contribution in [3.8, 4) is 17.1 Å². The quantitative estimate of drug-likeness (QED) is 0.748. The first-order chi connectivity index (χ1) is 11.2. The van der Waals surface area contributed by atoms with E-state index in [-0.39, 0.29) is 11.8 Å². The molecule has 5 nitrogen and oxygen atoms in total. The molecule has 3 aromatic rings. The summed E-state index contributed by atoms with van der Waals surface area (Å²) in [6.07, 6.45) is 3.73. The minimum atomic E-state index is -0.291. The summed E-state index contributed by atoms with van der Waals surface area (Å²) in [4.78, 5) is 12.8. The third-order valence-corrected chi connectivity index (χ3v) is 3.22. The van der Waals surface area contributed by atoms with Gasteiger partial charge in [-0.2, -0.15) is 4.98 Å². The van der Waals surface area contributed by atoms with E-state index < -0.39 is 0 Å². The Morgan fingerprint density at radius 2 is 1.87 bits per heavy atom. The minimum Gasteiger partial charge on any atom is -0.472 e. The molecule has 0 amide bonds. The maximum atomic E-state index is 13.1. The van der Waals surface area contributed by atoms with Crippen molar-refractivity contribution in [3.63, 3.8) is 0 Å². The van der Waals surface area contributed by atoms with Crippen LogP contribution in [-0.2, 0) is 0 Å². The molecule has 0 aliphatic carbocycles. The topological polar surface area (TPSA) is 73.9 Å². The van der Waals surface area contributed by atoms with Gasteiger partial charge < -0.3 is 10.5 Å². The van der Waals surface area contributed by atoms with Crippen molar-refractivity contribution in [1.29, 1.82) is 0 Å². The SMILES string of the molecule is CC=CCOc1nc(N)nc2ccc(-c3ccc(F)cc3)nc12. The van der Waals surface area contributed by atoms with Crippen LogP contribution in [0.2, 0.25) is 0 Å². The second kappa shape index (κ2) is 6.39. The van der Waals surface area contributed by atoms with Gasteiger partial charge >= 0.3 is 0 Å². The van der Waals surface area contributed by atoms with Gasteiger partial charge in [0.05, 0.1) is 11.2 Å². The van der Waals surface area contributed by atoms with Crippen molar-refractivity contribution in [1.82, 2.24) is 15.0 Å². The van der Waals surface area contributed by atoms with Gasteiger partial charge in [0.2, 0.25) is 11.8 Å². The van der Waals surface area contributed by atoms with Crippen molar-refractivity contribution in [3.05, 3.63) is 54.4 Å². The van der Waals surface area contributed by atoms with Crippen molar-refractivity contribution < 1.29 is 9.13 Å². The lowest BCUT2D eigenvalue weighted by Crippen LogP contribution is -2.03. The molecule has 116 valence electrons. The summed E-state index contributed by atoms with van der Waals surface area (Å²) < 4.78 is 18.7. The first-order valence-corrected chi connectivity index (χ1v) is 7.11. The Hall–Kier alpha value is -3.02. The number of halogens is 1. The third kappa shape index (κ3) is 3.26. The number of pyridine rings is 1.